The first kappa shape index (κ1) is 19.5. The molecule has 0 radical (unpaired) electrons. The van der Waals surface area contributed by atoms with E-state index in [1.807, 2.05) is 0 Å². The van der Waals surface area contributed by atoms with Gasteiger partial charge in [0.15, 0.2) is 5.69 Å². The maximum Gasteiger partial charge on any atom is 0.446 e. The van der Waals surface area contributed by atoms with E-state index >= 15 is 0 Å². The zero-order chi connectivity index (χ0) is 20.5. The number of benzene rings is 1. The third kappa shape index (κ3) is 4.19. The van der Waals surface area contributed by atoms with Crippen LogP contribution >= 0.6 is 15.9 Å². The SMILES string of the molecule is CC(C)(C)OC(=O)NNc1nonc1-c1noc(=O)n1-c1ccc(F)c(Br)c1. The van der Waals surface area contributed by atoms with Crippen molar-refractivity contribution in [1.29, 1.82) is 0 Å². The molecule has 2 aromatic heterocycles. The Kier molecular flexibility index (Phi) is 5.18. The minimum Gasteiger partial charge on any atom is -0.443 e. The van der Waals surface area contributed by atoms with Crippen LogP contribution in [0.4, 0.5) is 15.0 Å². The van der Waals surface area contributed by atoms with Crippen molar-refractivity contribution in [3.05, 3.63) is 39.0 Å². The number of anilines is 1. The van der Waals surface area contributed by atoms with Gasteiger partial charge in [-0.2, -0.15) is 0 Å². The fraction of sp³-hybridized carbons (Fsp3) is 0.267. The van der Waals surface area contributed by atoms with Gasteiger partial charge in [-0.25, -0.2) is 28.6 Å². The first-order chi connectivity index (χ1) is 13.2. The average molecular weight is 457 g/mol. The van der Waals surface area contributed by atoms with Gasteiger partial charge < -0.3 is 4.74 Å². The molecule has 11 nitrogen and oxygen atoms in total. The normalized spacial score (nSPS) is 11.3. The van der Waals surface area contributed by atoms with Crippen molar-refractivity contribution in [2.45, 2.75) is 26.4 Å². The van der Waals surface area contributed by atoms with Gasteiger partial charge in [0.2, 0.25) is 11.6 Å². The zero-order valence-electron chi connectivity index (χ0n) is 14.8. The number of nitrogens with one attached hydrogen (secondary N) is 2. The van der Waals surface area contributed by atoms with E-state index in [1.165, 1.54) is 12.1 Å². The summed E-state index contributed by atoms with van der Waals surface area (Å²) in [6.07, 6.45) is -0.776. The van der Waals surface area contributed by atoms with Crippen molar-refractivity contribution in [3.8, 4) is 17.2 Å². The molecule has 3 aromatic rings. The van der Waals surface area contributed by atoms with E-state index in [4.69, 9.17) is 4.74 Å². The summed E-state index contributed by atoms with van der Waals surface area (Å²) in [5, 5.41) is 10.9. The lowest BCUT2D eigenvalue weighted by Gasteiger charge is -2.19. The summed E-state index contributed by atoms with van der Waals surface area (Å²) in [4.78, 5) is 23.9. The van der Waals surface area contributed by atoms with Gasteiger partial charge in [0.1, 0.15) is 11.4 Å². The Hall–Kier alpha value is -3.22. The van der Waals surface area contributed by atoms with Crippen LogP contribution in [0.15, 0.2) is 36.6 Å². The highest BCUT2D eigenvalue weighted by molar-refractivity contribution is 9.10. The van der Waals surface area contributed by atoms with Crippen LogP contribution in [0.2, 0.25) is 0 Å². The predicted octanol–water partition coefficient (Wildman–Crippen LogP) is 2.63. The number of rotatable bonds is 4. The van der Waals surface area contributed by atoms with Crippen molar-refractivity contribution < 1.29 is 23.1 Å². The first-order valence-electron chi connectivity index (χ1n) is 7.78. The second-order valence-corrected chi connectivity index (χ2v) is 7.27. The molecule has 0 aliphatic carbocycles. The van der Waals surface area contributed by atoms with Crippen molar-refractivity contribution in [2.75, 3.05) is 5.43 Å². The standard InChI is InChI=1S/C15H14BrFN6O5/c1-15(2,3)26-13(24)19-18-11-10(20-28-21-11)12-22-27-14(25)23(12)7-4-5-9(17)8(16)6-7/h4-6H,1-3H3,(H,18,21)(H,19,24). The van der Waals surface area contributed by atoms with Gasteiger partial charge in [0.25, 0.3) is 0 Å². The minimum absolute atomic E-state index is 0.0395. The first-order valence-corrected chi connectivity index (χ1v) is 8.57. The van der Waals surface area contributed by atoms with E-state index in [0.29, 0.717) is 0 Å². The molecule has 2 N–H and O–H groups in total. The maximum absolute atomic E-state index is 13.5. The number of aromatic nitrogens is 4. The minimum atomic E-state index is -0.845. The van der Waals surface area contributed by atoms with Crippen LogP contribution < -0.4 is 16.6 Å². The number of nitrogens with zero attached hydrogens (tertiary/aromatic N) is 4. The summed E-state index contributed by atoms with van der Waals surface area (Å²) in [6, 6.07) is 3.87. The highest BCUT2D eigenvalue weighted by Crippen LogP contribution is 2.25. The lowest BCUT2D eigenvalue weighted by Crippen LogP contribution is -2.36. The number of carbonyl (C=O) groups excluding carboxylic acids is 1. The summed E-state index contributed by atoms with van der Waals surface area (Å²) < 4.78 is 29.1. The second-order valence-electron chi connectivity index (χ2n) is 6.42. The maximum atomic E-state index is 13.5. The molecule has 0 fully saturated rings. The van der Waals surface area contributed by atoms with E-state index in [9.17, 15) is 14.0 Å². The molecular formula is C15H14BrFN6O5. The van der Waals surface area contributed by atoms with Gasteiger partial charge in [-0.1, -0.05) is 5.16 Å². The molecule has 28 heavy (non-hydrogen) atoms. The number of hydrogen-bond acceptors (Lipinski definition) is 9. The molecule has 148 valence electrons. The van der Waals surface area contributed by atoms with Crippen LogP contribution in [-0.2, 0) is 4.74 Å². The lowest BCUT2D eigenvalue weighted by molar-refractivity contribution is 0.0540. The molecule has 0 saturated heterocycles. The predicted molar refractivity (Wildman–Crippen MR) is 96.0 cm³/mol. The average Bonchev–Trinajstić information content (AvgIpc) is 3.20. The molecular weight excluding hydrogens is 443 g/mol. The topological polar surface area (TPSA) is 137 Å². The highest BCUT2D eigenvalue weighted by Gasteiger charge is 2.24. The molecule has 0 aliphatic rings. The Morgan fingerprint density at radius 1 is 1.29 bits per heavy atom. The number of ether oxygens (including phenoxy) is 1. The van der Waals surface area contributed by atoms with E-state index in [2.05, 4.69) is 51.4 Å². The molecule has 1 aromatic carbocycles. The Bertz CT molecular complexity index is 1070. The van der Waals surface area contributed by atoms with Gasteiger partial charge in [-0.05, 0) is 65.2 Å². The smallest absolute Gasteiger partial charge is 0.443 e. The molecule has 3 rings (SSSR count). The highest BCUT2D eigenvalue weighted by atomic mass is 79.9. The van der Waals surface area contributed by atoms with Crippen molar-refractivity contribution in [3.63, 3.8) is 0 Å². The van der Waals surface area contributed by atoms with E-state index in [-0.39, 0.29) is 27.5 Å². The molecule has 0 unspecified atom stereocenters. The molecule has 0 atom stereocenters. The Morgan fingerprint density at radius 2 is 2.04 bits per heavy atom. The third-order valence-electron chi connectivity index (χ3n) is 3.15. The molecule has 2 heterocycles. The molecule has 0 spiro atoms. The Labute approximate surface area is 164 Å². The van der Waals surface area contributed by atoms with Crippen LogP contribution in [0.25, 0.3) is 17.2 Å². The van der Waals surface area contributed by atoms with Crippen LogP contribution in [0.3, 0.4) is 0 Å². The number of amides is 1. The van der Waals surface area contributed by atoms with Crippen LogP contribution in [-0.4, -0.2) is 31.7 Å². The van der Waals surface area contributed by atoms with Gasteiger partial charge in [-0.15, -0.1) is 0 Å². The lowest BCUT2D eigenvalue weighted by atomic mass is 10.2. The van der Waals surface area contributed by atoms with Gasteiger partial charge in [0, 0.05) is 0 Å². The van der Waals surface area contributed by atoms with Crippen molar-refractivity contribution >= 4 is 27.8 Å². The Balaban J connectivity index is 1.90. The van der Waals surface area contributed by atoms with E-state index in [0.717, 1.165) is 10.6 Å². The largest absolute Gasteiger partial charge is 0.446 e. The van der Waals surface area contributed by atoms with Crippen molar-refractivity contribution in [1.82, 2.24) is 25.5 Å². The quantitative estimate of drug-likeness (QED) is 0.567. The Morgan fingerprint density at radius 3 is 2.71 bits per heavy atom. The van der Waals surface area contributed by atoms with E-state index in [1.54, 1.807) is 20.8 Å². The van der Waals surface area contributed by atoms with Gasteiger partial charge in [-0.3, -0.25) is 9.95 Å². The van der Waals surface area contributed by atoms with Crippen LogP contribution in [0.1, 0.15) is 20.8 Å². The summed E-state index contributed by atoms with van der Waals surface area (Å²) in [5.74, 6) is -1.50. The fourth-order valence-corrected chi connectivity index (χ4v) is 2.45. The third-order valence-corrected chi connectivity index (χ3v) is 3.76. The van der Waals surface area contributed by atoms with Crippen LogP contribution in [0, 0.1) is 5.82 Å². The second kappa shape index (κ2) is 7.42. The summed E-state index contributed by atoms with van der Waals surface area (Å²) in [6.45, 7) is 5.10. The number of hydrazine groups is 1. The molecule has 0 saturated carbocycles. The van der Waals surface area contributed by atoms with Crippen molar-refractivity contribution in [2.24, 2.45) is 0 Å². The van der Waals surface area contributed by atoms with Crippen LogP contribution in [0.5, 0.6) is 0 Å². The van der Waals surface area contributed by atoms with E-state index < -0.39 is 23.3 Å². The summed E-state index contributed by atoms with van der Waals surface area (Å²) in [7, 11) is 0. The molecule has 0 bridgehead atoms. The molecule has 13 heteroatoms. The number of carbonyl (C=O) groups is 1. The zero-order valence-corrected chi connectivity index (χ0v) is 16.4. The molecule has 1 amide bonds. The summed E-state index contributed by atoms with van der Waals surface area (Å²) in [5.41, 5.74) is 4.23. The number of hydrogen-bond donors (Lipinski definition) is 2. The molecule has 0 aliphatic heterocycles. The van der Waals surface area contributed by atoms with Gasteiger partial charge in [0.05, 0.1) is 10.2 Å². The fourth-order valence-electron chi connectivity index (χ4n) is 2.08. The monoisotopic (exact) mass is 456 g/mol. The summed E-state index contributed by atoms with van der Waals surface area (Å²) >= 11 is 3.05. The number of halogens is 2. The van der Waals surface area contributed by atoms with Gasteiger partial charge >= 0.3 is 11.8 Å².